The van der Waals surface area contributed by atoms with Crippen molar-refractivity contribution in [2.75, 3.05) is 13.1 Å². The van der Waals surface area contributed by atoms with Crippen LogP contribution in [0.4, 0.5) is 0 Å². The smallest absolute Gasteiger partial charge is 0.313 e. The lowest BCUT2D eigenvalue weighted by molar-refractivity contribution is -0.949. The fourth-order valence-corrected chi connectivity index (χ4v) is 6.40. The van der Waals surface area contributed by atoms with Gasteiger partial charge in [-0.3, -0.25) is 9.78 Å². The molecule has 36 heavy (non-hydrogen) atoms. The molecule has 3 fully saturated rings. The van der Waals surface area contributed by atoms with Gasteiger partial charge in [-0.25, -0.2) is 0 Å². The summed E-state index contributed by atoms with van der Waals surface area (Å²) in [6.07, 6.45) is 7.01. The van der Waals surface area contributed by atoms with Crippen molar-refractivity contribution in [3.05, 3.63) is 90.1 Å². The Morgan fingerprint density at radius 1 is 1.14 bits per heavy atom. The molecule has 0 aliphatic carbocycles. The van der Waals surface area contributed by atoms with E-state index >= 15 is 0 Å². The van der Waals surface area contributed by atoms with Gasteiger partial charge in [-0.2, -0.15) is 0 Å². The summed E-state index contributed by atoms with van der Waals surface area (Å²) < 4.78 is 6.50. The molecule has 1 aromatic heterocycles. The van der Waals surface area contributed by atoms with E-state index in [0.29, 0.717) is 17.8 Å². The Labute approximate surface area is 215 Å². The number of quaternary nitrogens is 1. The molecule has 0 spiro atoms. The van der Waals surface area contributed by atoms with E-state index in [2.05, 4.69) is 67.9 Å². The maximum atomic E-state index is 13.6. The quantitative estimate of drug-likeness (QED) is 0.349. The molecule has 0 radical (unpaired) electrons. The van der Waals surface area contributed by atoms with Crippen molar-refractivity contribution in [1.29, 1.82) is 0 Å². The largest absolute Gasteiger partial charge is 0.451 e. The summed E-state index contributed by atoms with van der Waals surface area (Å²) >= 11 is 0. The molecule has 0 saturated carbocycles. The number of carbonyl (C=O) groups is 1. The minimum absolute atomic E-state index is 0.153. The lowest BCUT2D eigenvalue weighted by Gasteiger charge is -2.48. The van der Waals surface area contributed by atoms with Crippen LogP contribution in [0.3, 0.4) is 0 Å². The third kappa shape index (κ3) is 4.97. The number of rotatable bonds is 8. The highest BCUT2D eigenvalue weighted by atomic mass is 16.5. The number of hydrogen-bond acceptors (Lipinski definition) is 3. The van der Waals surface area contributed by atoms with Gasteiger partial charge in [0.05, 0.1) is 24.5 Å². The second-order valence-electron chi connectivity index (χ2n) is 11.2. The van der Waals surface area contributed by atoms with E-state index in [-0.39, 0.29) is 24.0 Å². The van der Waals surface area contributed by atoms with Gasteiger partial charge in [0, 0.05) is 35.9 Å². The summed E-state index contributed by atoms with van der Waals surface area (Å²) in [7, 11) is 0. The van der Waals surface area contributed by atoms with E-state index in [9.17, 15) is 4.79 Å². The molecule has 0 amide bonds. The van der Waals surface area contributed by atoms with Crippen LogP contribution in [0.2, 0.25) is 0 Å². The second kappa shape index (κ2) is 10.6. The molecule has 1 N–H and O–H groups in total. The number of nitrogens with zero attached hydrogens (tertiary/aromatic N) is 1. The number of benzene rings is 2. The fraction of sp³-hybridized carbons (Fsp3) is 0.438. The normalized spacial score (nSPS) is 25.0. The summed E-state index contributed by atoms with van der Waals surface area (Å²) in [4.78, 5) is 19.7. The maximum Gasteiger partial charge on any atom is 0.313 e. The van der Waals surface area contributed by atoms with E-state index in [1.54, 1.807) is 0 Å². The van der Waals surface area contributed by atoms with Crippen LogP contribution in [0, 0.1) is 17.8 Å². The first-order chi connectivity index (χ1) is 17.4. The third-order valence-corrected chi connectivity index (χ3v) is 8.40. The van der Waals surface area contributed by atoms with E-state index in [1.807, 2.05) is 31.3 Å². The third-order valence-electron chi connectivity index (χ3n) is 8.40. The standard InChI is InChI=1S/C32H38N2O2/c1-5-24-20-34-17-15-26(24)19-30(34)31(28-14-16-33-29-9-7-6-8-27(28)29)36-32(35)22(4)25-12-10-23(11-13-25)18-21(2)3/h5-14,16,21-22,24,26,30-31H,1,15,17-20H2,2-4H3/p+1/t22-,24-,26+,30-,31+/m0/s1. The zero-order valence-electron chi connectivity index (χ0n) is 21.8. The van der Waals surface area contributed by atoms with Gasteiger partial charge in [-0.15, -0.1) is 6.58 Å². The molecule has 3 aromatic rings. The molecule has 3 saturated heterocycles. The number of carbonyl (C=O) groups excluding carboxylic acids is 1. The summed E-state index contributed by atoms with van der Waals surface area (Å²) in [6.45, 7) is 12.7. The first-order valence-electron chi connectivity index (χ1n) is 13.5. The molecular formula is C32H39N2O2+. The molecule has 188 valence electrons. The van der Waals surface area contributed by atoms with Crippen molar-refractivity contribution >= 4 is 16.9 Å². The molecule has 3 aliphatic heterocycles. The highest BCUT2D eigenvalue weighted by molar-refractivity contribution is 5.83. The van der Waals surface area contributed by atoms with Crippen LogP contribution in [-0.4, -0.2) is 30.1 Å². The minimum atomic E-state index is -0.319. The van der Waals surface area contributed by atoms with Crippen molar-refractivity contribution in [1.82, 2.24) is 4.98 Å². The van der Waals surface area contributed by atoms with Crippen LogP contribution in [0.25, 0.3) is 10.9 Å². The van der Waals surface area contributed by atoms with Crippen molar-refractivity contribution in [2.45, 2.75) is 58.1 Å². The van der Waals surface area contributed by atoms with Crippen molar-refractivity contribution in [3.8, 4) is 0 Å². The molecule has 6 rings (SSSR count). The highest BCUT2D eigenvalue weighted by Gasteiger charge is 2.48. The lowest BCUT2D eigenvalue weighted by Crippen LogP contribution is -3.20. The number of aromatic nitrogens is 1. The number of nitrogens with one attached hydrogen (secondary N) is 1. The number of hydrogen-bond donors (Lipinski definition) is 1. The molecule has 2 bridgehead atoms. The van der Waals surface area contributed by atoms with Gasteiger partial charge in [0.1, 0.15) is 6.04 Å². The van der Waals surface area contributed by atoms with Crippen LogP contribution >= 0.6 is 0 Å². The summed E-state index contributed by atoms with van der Waals surface area (Å²) in [6, 6.07) is 19.0. The Bertz CT molecular complexity index is 1210. The first-order valence-corrected chi connectivity index (χ1v) is 13.5. The fourth-order valence-electron chi connectivity index (χ4n) is 6.40. The number of para-hydroxylation sites is 1. The second-order valence-corrected chi connectivity index (χ2v) is 11.2. The summed E-state index contributed by atoms with van der Waals surface area (Å²) in [5.74, 6) is 1.31. The number of fused-ring (bicyclic) bond motifs is 4. The maximum absolute atomic E-state index is 13.6. The van der Waals surface area contributed by atoms with E-state index < -0.39 is 0 Å². The van der Waals surface area contributed by atoms with Crippen molar-refractivity contribution in [3.63, 3.8) is 0 Å². The molecule has 2 aromatic carbocycles. The average Bonchev–Trinajstić information content (AvgIpc) is 2.91. The Hall–Kier alpha value is -2.98. The van der Waals surface area contributed by atoms with E-state index in [1.165, 1.54) is 16.9 Å². The SMILES string of the molecule is C=C[C@H]1C[NH+]2CC[C@@H]1C[C@H]2[C@H](OC(=O)[C@@H](C)c1ccc(CC(C)C)cc1)c1ccnc2ccccc12. The van der Waals surface area contributed by atoms with Crippen LogP contribution in [0.5, 0.6) is 0 Å². The minimum Gasteiger partial charge on any atom is -0.451 e. The van der Waals surface area contributed by atoms with Gasteiger partial charge < -0.3 is 9.64 Å². The topological polar surface area (TPSA) is 43.6 Å². The van der Waals surface area contributed by atoms with Gasteiger partial charge in [-0.1, -0.05) is 62.4 Å². The molecule has 4 nitrogen and oxygen atoms in total. The molecular weight excluding hydrogens is 444 g/mol. The predicted octanol–water partition coefficient (Wildman–Crippen LogP) is 5.30. The molecule has 3 aliphatic rings. The molecule has 4 heterocycles. The Balaban J connectivity index is 1.44. The molecule has 6 atom stereocenters. The Kier molecular flexibility index (Phi) is 7.25. The zero-order valence-corrected chi connectivity index (χ0v) is 21.8. The van der Waals surface area contributed by atoms with Crippen LogP contribution in [0.1, 0.15) is 62.3 Å². The monoisotopic (exact) mass is 483 g/mol. The number of ether oxygens (including phenoxy) is 1. The van der Waals surface area contributed by atoms with Gasteiger partial charge in [0.2, 0.25) is 0 Å². The zero-order chi connectivity index (χ0) is 25.2. The van der Waals surface area contributed by atoms with E-state index in [0.717, 1.165) is 48.0 Å². The van der Waals surface area contributed by atoms with Crippen LogP contribution in [-0.2, 0) is 16.0 Å². The summed E-state index contributed by atoms with van der Waals surface area (Å²) in [5, 5.41) is 1.07. The summed E-state index contributed by atoms with van der Waals surface area (Å²) in [5.41, 5.74) is 4.34. The number of esters is 1. The van der Waals surface area contributed by atoms with Gasteiger partial charge in [-0.05, 0) is 48.4 Å². The predicted molar refractivity (Wildman–Crippen MR) is 145 cm³/mol. The lowest BCUT2D eigenvalue weighted by atomic mass is 9.73. The first kappa shape index (κ1) is 24.7. The Morgan fingerprint density at radius 2 is 1.92 bits per heavy atom. The van der Waals surface area contributed by atoms with Gasteiger partial charge >= 0.3 is 5.97 Å². The Morgan fingerprint density at radius 3 is 2.61 bits per heavy atom. The number of pyridine rings is 1. The van der Waals surface area contributed by atoms with Gasteiger partial charge in [0.15, 0.2) is 6.10 Å². The number of piperidine rings is 3. The van der Waals surface area contributed by atoms with Crippen molar-refractivity contribution < 1.29 is 14.4 Å². The van der Waals surface area contributed by atoms with Crippen molar-refractivity contribution in [2.24, 2.45) is 17.8 Å². The highest BCUT2D eigenvalue weighted by Crippen LogP contribution is 2.37. The van der Waals surface area contributed by atoms with Crippen LogP contribution in [0.15, 0.2) is 73.4 Å². The molecule has 4 heteroatoms. The van der Waals surface area contributed by atoms with Gasteiger partial charge in [0.25, 0.3) is 0 Å². The average molecular weight is 484 g/mol. The van der Waals surface area contributed by atoms with E-state index in [4.69, 9.17) is 4.74 Å². The molecule has 1 unspecified atom stereocenters. The van der Waals surface area contributed by atoms with Crippen LogP contribution < -0.4 is 4.90 Å².